The van der Waals surface area contributed by atoms with E-state index in [-0.39, 0.29) is 6.03 Å². The van der Waals surface area contributed by atoms with Crippen LogP contribution in [0.1, 0.15) is 25.8 Å². The number of piperidine rings is 1. The SMILES string of the molecule is CCSc1ccc(NC(=O)N2CCC(n3cncn3)CC2)cn1. The quantitative estimate of drug-likeness (QED) is 0.871. The Morgan fingerprint density at radius 1 is 1.39 bits per heavy atom. The zero-order valence-electron chi connectivity index (χ0n) is 13.1. The molecule has 1 fully saturated rings. The molecule has 2 aromatic rings. The summed E-state index contributed by atoms with van der Waals surface area (Å²) in [6.45, 7) is 3.52. The lowest BCUT2D eigenvalue weighted by Crippen LogP contribution is -2.41. The topological polar surface area (TPSA) is 75.9 Å². The zero-order chi connectivity index (χ0) is 16.1. The number of nitrogens with zero attached hydrogens (tertiary/aromatic N) is 5. The number of anilines is 1. The van der Waals surface area contributed by atoms with Crippen molar-refractivity contribution in [2.24, 2.45) is 0 Å². The Morgan fingerprint density at radius 3 is 2.83 bits per heavy atom. The van der Waals surface area contributed by atoms with E-state index >= 15 is 0 Å². The van der Waals surface area contributed by atoms with Gasteiger partial charge < -0.3 is 10.2 Å². The first-order valence-electron chi connectivity index (χ1n) is 7.75. The number of hydrogen-bond donors (Lipinski definition) is 1. The predicted octanol–water partition coefficient (Wildman–Crippen LogP) is 2.65. The highest BCUT2D eigenvalue weighted by Crippen LogP contribution is 2.22. The van der Waals surface area contributed by atoms with Crippen molar-refractivity contribution in [2.45, 2.75) is 30.8 Å². The van der Waals surface area contributed by atoms with Crippen molar-refractivity contribution in [3.05, 3.63) is 31.0 Å². The monoisotopic (exact) mass is 332 g/mol. The third-order valence-electron chi connectivity index (χ3n) is 3.84. The van der Waals surface area contributed by atoms with Gasteiger partial charge in [-0.15, -0.1) is 11.8 Å². The van der Waals surface area contributed by atoms with Crippen LogP contribution < -0.4 is 5.32 Å². The van der Waals surface area contributed by atoms with E-state index in [1.807, 2.05) is 21.7 Å². The van der Waals surface area contributed by atoms with E-state index in [0.29, 0.717) is 19.1 Å². The lowest BCUT2D eigenvalue weighted by atomic mass is 10.1. The van der Waals surface area contributed by atoms with Gasteiger partial charge in [-0.3, -0.25) is 0 Å². The van der Waals surface area contributed by atoms with Crippen LogP contribution in [0.5, 0.6) is 0 Å². The molecular weight excluding hydrogens is 312 g/mol. The number of amides is 2. The summed E-state index contributed by atoms with van der Waals surface area (Å²) in [4.78, 5) is 22.5. The van der Waals surface area contributed by atoms with Crippen molar-refractivity contribution in [1.82, 2.24) is 24.6 Å². The van der Waals surface area contributed by atoms with Crippen LogP contribution in [0.15, 0.2) is 36.0 Å². The van der Waals surface area contributed by atoms with Crippen molar-refractivity contribution >= 4 is 23.5 Å². The van der Waals surface area contributed by atoms with E-state index in [2.05, 4.69) is 27.3 Å². The molecule has 8 heteroatoms. The zero-order valence-corrected chi connectivity index (χ0v) is 13.9. The summed E-state index contributed by atoms with van der Waals surface area (Å²) >= 11 is 1.68. The minimum atomic E-state index is -0.0697. The number of likely N-dealkylation sites (tertiary alicyclic amines) is 1. The summed E-state index contributed by atoms with van der Waals surface area (Å²) in [5.74, 6) is 0.986. The molecule has 2 amide bonds. The fraction of sp³-hybridized carbons (Fsp3) is 0.467. The number of carbonyl (C=O) groups excluding carboxylic acids is 1. The molecule has 3 heterocycles. The number of urea groups is 1. The highest BCUT2D eigenvalue weighted by Gasteiger charge is 2.24. The molecule has 0 aromatic carbocycles. The Hall–Kier alpha value is -2.09. The molecule has 1 aliphatic heterocycles. The molecule has 1 saturated heterocycles. The number of nitrogens with one attached hydrogen (secondary N) is 1. The molecule has 122 valence electrons. The van der Waals surface area contributed by atoms with Gasteiger partial charge in [-0.1, -0.05) is 6.92 Å². The summed E-state index contributed by atoms with van der Waals surface area (Å²) in [7, 11) is 0. The van der Waals surface area contributed by atoms with Crippen molar-refractivity contribution in [3.8, 4) is 0 Å². The van der Waals surface area contributed by atoms with Crippen LogP contribution in [0.4, 0.5) is 10.5 Å². The van der Waals surface area contributed by atoms with Gasteiger partial charge >= 0.3 is 6.03 Å². The molecule has 0 atom stereocenters. The van der Waals surface area contributed by atoms with Crippen LogP contribution >= 0.6 is 11.8 Å². The van der Waals surface area contributed by atoms with Gasteiger partial charge in [-0.2, -0.15) is 5.10 Å². The lowest BCUT2D eigenvalue weighted by molar-refractivity contribution is 0.180. The van der Waals surface area contributed by atoms with Gasteiger partial charge in [-0.05, 0) is 30.7 Å². The van der Waals surface area contributed by atoms with Crippen molar-refractivity contribution in [2.75, 3.05) is 24.2 Å². The molecule has 1 N–H and O–H groups in total. The number of rotatable bonds is 4. The van der Waals surface area contributed by atoms with E-state index in [4.69, 9.17) is 0 Å². The van der Waals surface area contributed by atoms with Crippen molar-refractivity contribution < 1.29 is 4.79 Å². The van der Waals surface area contributed by atoms with E-state index in [1.165, 1.54) is 0 Å². The van der Waals surface area contributed by atoms with Crippen LogP contribution in [0.2, 0.25) is 0 Å². The first kappa shape index (κ1) is 15.8. The normalized spacial score (nSPS) is 15.6. The van der Waals surface area contributed by atoms with E-state index in [9.17, 15) is 4.79 Å². The maximum absolute atomic E-state index is 12.3. The van der Waals surface area contributed by atoms with Gasteiger partial charge in [0.25, 0.3) is 0 Å². The Bertz CT molecular complexity index is 622. The van der Waals surface area contributed by atoms with Gasteiger partial charge in [0.1, 0.15) is 12.7 Å². The van der Waals surface area contributed by atoms with Gasteiger partial charge in [0.2, 0.25) is 0 Å². The third kappa shape index (κ3) is 4.01. The molecule has 3 rings (SSSR count). The van der Waals surface area contributed by atoms with Crippen LogP contribution in [-0.2, 0) is 0 Å². The van der Waals surface area contributed by atoms with E-state index in [1.54, 1.807) is 30.6 Å². The lowest BCUT2D eigenvalue weighted by Gasteiger charge is -2.31. The molecule has 7 nitrogen and oxygen atoms in total. The molecular formula is C15H20N6OS. The number of pyridine rings is 1. The largest absolute Gasteiger partial charge is 0.324 e. The summed E-state index contributed by atoms with van der Waals surface area (Å²) in [5, 5.41) is 8.06. The molecule has 0 bridgehead atoms. The van der Waals surface area contributed by atoms with E-state index < -0.39 is 0 Å². The minimum Gasteiger partial charge on any atom is -0.324 e. The van der Waals surface area contributed by atoms with Crippen LogP contribution in [-0.4, -0.2) is 49.5 Å². The molecule has 23 heavy (non-hydrogen) atoms. The van der Waals surface area contributed by atoms with Gasteiger partial charge in [0, 0.05) is 13.1 Å². The van der Waals surface area contributed by atoms with Gasteiger partial charge in [-0.25, -0.2) is 19.4 Å². The molecule has 0 aliphatic carbocycles. The van der Waals surface area contributed by atoms with Crippen molar-refractivity contribution in [1.29, 1.82) is 0 Å². The van der Waals surface area contributed by atoms with Gasteiger partial charge in [0.05, 0.1) is 23.0 Å². The fourth-order valence-corrected chi connectivity index (χ4v) is 3.22. The first-order chi connectivity index (χ1) is 11.3. The Balaban J connectivity index is 1.51. The second kappa shape index (κ2) is 7.45. The maximum Gasteiger partial charge on any atom is 0.321 e. The molecule has 1 aliphatic rings. The average Bonchev–Trinajstić information content (AvgIpc) is 3.11. The number of thioether (sulfide) groups is 1. The van der Waals surface area contributed by atoms with Crippen LogP contribution in [0.25, 0.3) is 0 Å². The summed E-state index contributed by atoms with van der Waals surface area (Å²) < 4.78 is 1.88. The Labute approximate surface area is 139 Å². The molecule has 0 spiro atoms. The maximum atomic E-state index is 12.3. The number of aromatic nitrogens is 4. The van der Waals surface area contributed by atoms with Crippen LogP contribution in [0, 0.1) is 0 Å². The predicted molar refractivity (Wildman–Crippen MR) is 89.5 cm³/mol. The Kier molecular flexibility index (Phi) is 5.12. The number of hydrogen-bond acceptors (Lipinski definition) is 5. The summed E-state index contributed by atoms with van der Waals surface area (Å²) in [5.41, 5.74) is 0.730. The smallest absolute Gasteiger partial charge is 0.321 e. The first-order valence-corrected chi connectivity index (χ1v) is 8.73. The second-order valence-corrected chi connectivity index (χ2v) is 6.63. The molecule has 0 saturated carbocycles. The molecule has 0 radical (unpaired) electrons. The number of carbonyl (C=O) groups is 1. The highest BCUT2D eigenvalue weighted by atomic mass is 32.2. The standard InChI is InChI=1S/C15H20N6OS/c1-2-23-14-4-3-12(9-17-14)19-15(22)20-7-5-13(6-8-20)21-11-16-10-18-21/h3-4,9-11,13H,2,5-8H2,1H3,(H,19,22). The minimum absolute atomic E-state index is 0.0697. The van der Waals surface area contributed by atoms with Gasteiger partial charge in [0.15, 0.2) is 0 Å². The summed E-state index contributed by atoms with van der Waals surface area (Å²) in [6, 6.07) is 4.08. The highest BCUT2D eigenvalue weighted by molar-refractivity contribution is 7.99. The second-order valence-electron chi connectivity index (χ2n) is 5.34. The van der Waals surface area contributed by atoms with Crippen LogP contribution in [0.3, 0.4) is 0 Å². The molecule has 0 unspecified atom stereocenters. The average molecular weight is 332 g/mol. The van der Waals surface area contributed by atoms with E-state index in [0.717, 1.165) is 29.3 Å². The summed E-state index contributed by atoms with van der Waals surface area (Å²) in [6.07, 6.45) is 6.77. The molecule has 2 aromatic heterocycles. The third-order valence-corrected chi connectivity index (χ3v) is 4.67. The van der Waals surface area contributed by atoms with Crippen molar-refractivity contribution in [3.63, 3.8) is 0 Å². The fourth-order valence-electron chi connectivity index (χ4n) is 2.63. The Morgan fingerprint density at radius 2 is 2.22 bits per heavy atom.